The minimum absolute atomic E-state index is 0.168. The zero-order chi connectivity index (χ0) is 16.8. The fraction of sp³-hybridized carbons (Fsp3) is 0.200. The molecule has 2 aromatic carbocycles. The topological polar surface area (TPSA) is 60.5 Å². The number of nitrogens with zero attached hydrogens (tertiary/aromatic N) is 1. The van der Waals surface area contributed by atoms with Gasteiger partial charge in [-0.25, -0.2) is 0 Å². The van der Waals surface area contributed by atoms with E-state index in [-0.39, 0.29) is 5.91 Å². The molecule has 0 fully saturated rings. The molecule has 5 heteroatoms. The molecule has 3 heterocycles. The molecule has 2 aliphatic rings. The molecule has 25 heavy (non-hydrogen) atoms. The third kappa shape index (κ3) is 2.23. The summed E-state index contributed by atoms with van der Waals surface area (Å²) in [6.07, 6.45) is 3.26. The van der Waals surface area contributed by atoms with Gasteiger partial charge in [-0.1, -0.05) is 18.2 Å². The highest BCUT2D eigenvalue weighted by molar-refractivity contribution is 6.11. The molecule has 0 bridgehead atoms. The van der Waals surface area contributed by atoms with Crippen LogP contribution >= 0.6 is 0 Å². The Labute approximate surface area is 144 Å². The van der Waals surface area contributed by atoms with Gasteiger partial charge in [0.2, 0.25) is 0 Å². The molecule has 3 aromatic rings. The minimum atomic E-state index is -0.168. The average molecular weight is 332 g/mol. The fourth-order valence-electron chi connectivity index (χ4n) is 3.62. The number of rotatable bonds is 2. The smallest absolute Gasteiger partial charge is 0.259 e. The zero-order valence-electron chi connectivity index (χ0n) is 13.5. The Hall–Kier alpha value is -3.08. The van der Waals surface area contributed by atoms with Gasteiger partial charge in [0, 0.05) is 35.6 Å². The number of anilines is 1. The minimum Gasteiger partial charge on any atom is -0.493 e. The lowest BCUT2D eigenvalue weighted by molar-refractivity contribution is 0.102. The van der Waals surface area contributed by atoms with Gasteiger partial charge in [0.25, 0.3) is 5.91 Å². The SMILES string of the molecule is O=C(Nc1cccc2cccnc12)c1c2c(cc3c1OCC3)OCC2. The van der Waals surface area contributed by atoms with E-state index in [2.05, 4.69) is 10.3 Å². The van der Waals surface area contributed by atoms with Gasteiger partial charge >= 0.3 is 0 Å². The van der Waals surface area contributed by atoms with Crippen LogP contribution in [0.15, 0.2) is 42.6 Å². The Morgan fingerprint density at radius 3 is 2.92 bits per heavy atom. The summed E-state index contributed by atoms with van der Waals surface area (Å²) in [5.74, 6) is 1.35. The van der Waals surface area contributed by atoms with E-state index in [9.17, 15) is 4.79 Å². The van der Waals surface area contributed by atoms with Crippen LogP contribution in [0.1, 0.15) is 21.5 Å². The first kappa shape index (κ1) is 14.3. The van der Waals surface area contributed by atoms with Crippen LogP contribution in [0.5, 0.6) is 11.5 Å². The normalized spacial score (nSPS) is 14.6. The quantitative estimate of drug-likeness (QED) is 0.782. The van der Waals surface area contributed by atoms with Crippen molar-refractivity contribution in [3.05, 3.63) is 59.3 Å². The molecule has 124 valence electrons. The lowest BCUT2D eigenvalue weighted by Gasteiger charge is -2.14. The number of aromatic nitrogens is 1. The lowest BCUT2D eigenvalue weighted by Crippen LogP contribution is -2.15. The van der Waals surface area contributed by atoms with Crippen molar-refractivity contribution in [3.8, 4) is 11.5 Å². The van der Waals surface area contributed by atoms with Crippen LogP contribution in [0.3, 0.4) is 0 Å². The van der Waals surface area contributed by atoms with Crippen molar-refractivity contribution in [2.24, 2.45) is 0 Å². The number of hydrogen-bond donors (Lipinski definition) is 1. The van der Waals surface area contributed by atoms with E-state index >= 15 is 0 Å². The van der Waals surface area contributed by atoms with Crippen LogP contribution in [0.4, 0.5) is 5.69 Å². The number of ether oxygens (including phenoxy) is 2. The second-order valence-electron chi connectivity index (χ2n) is 6.25. The van der Waals surface area contributed by atoms with Crippen molar-refractivity contribution in [3.63, 3.8) is 0 Å². The van der Waals surface area contributed by atoms with Gasteiger partial charge < -0.3 is 14.8 Å². The third-order valence-corrected chi connectivity index (χ3v) is 4.76. The van der Waals surface area contributed by atoms with E-state index in [0.717, 1.165) is 40.6 Å². The maximum absolute atomic E-state index is 13.1. The van der Waals surface area contributed by atoms with Crippen LogP contribution < -0.4 is 14.8 Å². The molecule has 0 radical (unpaired) electrons. The Bertz CT molecular complexity index is 976. The molecule has 1 N–H and O–H groups in total. The van der Waals surface area contributed by atoms with Crippen LogP contribution in [-0.2, 0) is 12.8 Å². The van der Waals surface area contributed by atoms with E-state index in [4.69, 9.17) is 9.47 Å². The first-order valence-electron chi connectivity index (χ1n) is 8.41. The largest absolute Gasteiger partial charge is 0.493 e. The van der Waals surface area contributed by atoms with Crippen molar-refractivity contribution in [2.75, 3.05) is 18.5 Å². The maximum atomic E-state index is 13.1. The number of nitrogens with one attached hydrogen (secondary N) is 1. The summed E-state index contributed by atoms with van der Waals surface area (Å²) in [4.78, 5) is 17.5. The van der Waals surface area contributed by atoms with Crippen molar-refractivity contribution in [1.29, 1.82) is 0 Å². The Morgan fingerprint density at radius 1 is 1.08 bits per heavy atom. The molecule has 0 saturated heterocycles. The predicted molar refractivity (Wildman–Crippen MR) is 94.5 cm³/mol. The standard InChI is InChI=1S/C20H16N2O3/c23-20(22-15-5-1-3-12-4-2-8-21-18(12)15)17-14-7-10-24-16(14)11-13-6-9-25-19(13)17/h1-5,8,11H,6-7,9-10H2,(H,22,23). The highest BCUT2D eigenvalue weighted by Gasteiger charge is 2.30. The van der Waals surface area contributed by atoms with E-state index in [1.807, 2.05) is 36.4 Å². The monoisotopic (exact) mass is 332 g/mol. The van der Waals surface area contributed by atoms with E-state index in [1.165, 1.54) is 0 Å². The Kier molecular flexibility index (Phi) is 3.13. The number of amides is 1. The maximum Gasteiger partial charge on any atom is 0.259 e. The second kappa shape index (κ2) is 5.48. The molecular weight excluding hydrogens is 316 g/mol. The first-order chi connectivity index (χ1) is 12.3. The van der Waals surface area contributed by atoms with E-state index in [0.29, 0.717) is 30.2 Å². The molecule has 0 spiro atoms. The van der Waals surface area contributed by atoms with E-state index < -0.39 is 0 Å². The number of para-hydroxylation sites is 1. The van der Waals surface area contributed by atoms with Crippen LogP contribution in [0, 0.1) is 0 Å². The molecule has 0 saturated carbocycles. The van der Waals surface area contributed by atoms with Crippen molar-refractivity contribution in [2.45, 2.75) is 12.8 Å². The van der Waals surface area contributed by atoms with Gasteiger partial charge in [0.05, 0.1) is 30.0 Å². The average Bonchev–Trinajstić information content (AvgIpc) is 3.28. The molecule has 5 rings (SSSR count). The molecule has 1 aromatic heterocycles. The summed E-state index contributed by atoms with van der Waals surface area (Å²) in [6.45, 7) is 1.21. The molecule has 2 aliphatic heterocycles. The number of fused-ring (bicyclic) bond motifs is 3. The Morgan fingerprint density at radius 2 is 1.96 bits per heavy atom. The first-order valence-corrected chi connectivity index (χ1v) is 8.41. The fourth-order valence-corrected chi connectivity index (χ4v) is 3.62. The number of carbonyl (C=O) groups is 1. The lowest BCUT2D eigenvalue weighted by atomic mass is 9.99. The molecule has 5 nitrogen and oxygen atoms in total. The van der Waals surface area contributed by atoms with E-state index in [1.54, 1.807) is 6.20 Å². The summed E-state index contributed by atoms with van der Waals surface area (Å²) in [7, 11) is 0. The predicted octanol–water partition coefficient (Wildman–Crippen LogP) is 3.36. The summed E-state index contributed by atoms with van der Waals surface area (Å²) in [5.41, 5.74) is 4.06. The van der Waals surface area contributed by atoms with Gasteiger partial charge in [-0.2, -0.15) is 0 Å². The number of hydrogen-bond acceptors (Lipinski definition) is 4. The molecular formula is C20H16N2O3. The number of pyridine rings is 1. The molecule has 0 atom stereocenters. The van der Waals surface area contributed by atoms with Crippen LogP contribution in [-0.4, -0.2) is 24.1 Å². The third-order valence-electron chi connectivity index (χ3n) is 4.76. The summed E-state index contributed by atoms with van der Waals surface area (Å²) in [6, 6.07) is 11.6. The van der Waals surface area contributed by atoms with Crippen LogP contribution in [0.25, 0.3) is 10.9 Å². The van der Waals surface area contributed by atoms with Crippen LogP contribution in [0.2, 0.25) is 0 Å². The highest BCUT2D eigenvalue weighted by atomic mass is 16.5. The molecule has 0 aliphatic carbocycles. The highest BCUT2D eigenvalue weighted by Crippen LogP contribution is 2.41. The van der Waals surface area contributed by atoms with Crippen molar-refractivity contribution < 1.29 is 14.3 Å². The van der Waals surface area contributed by atoms with Crippen molar-refractivity contribution >= 4 is 22.5 Å². The number of carbonyl (C=O) groups excluding carboxylic acids is 1. The van der Waals surface area contributed by atoms with Gasteiger partial charge in [-0.15, -0.1) is 0 Å². The van der Waals surface area contributed by atoms with Gasteiger partial charge in [0.1, 0.15) is 11.5 Å². The summed E-state index contributed by atoms with van der Waals surface area (Å²) >= 11 is 0. The zero-order valence-corrected chi connectivity index (χ0v) is 13.5. The second-order valence-corrected chi connectivity index (χ2v) is 6.25. The van der Waals surface area contributed by atoms with Crippen molar-refractivity contribution in [1.82, 2.24) is 4.98 Å². The number of benzene rings is 2. The molecule has 0 unspecified atom stereocenters. The molecule has 1 amide bonds. The Balaban J connectivity index is 1.60. The van der Waals surface area contributed by atoms with Gasteiger partial charge in [-0.3, -0.25) is 9.78 Å². The summed E-state index contributed by atoms with van der Waals surface area (Å²) in [5, 5.41) is 4.01. The van der Waals surface area contributed by atoms with Gasteiger partial charge in [-0.05, 0) is 18.2 Å². The summed E-state index contributed by atoms with van der Waals surface area (Å²) < 4.78 is 11.5. The van der Waals surface area contributed by atoms with Gasteiger partial charge in [0.15, 0.2) is 0 Å².